The Morgan fingerprint density at radius 1 is 1.23 bits per heavy atom. The molecular formula is C18H18N2O6. The molecule has 2 aromatic rings. The summed E-state index contributed by atoms with van der Waals surface area (Å²) in [5.74, 6) is -1.98. The number of nitro benzene ring substituents is 1. The van der Waals surface area contributed by atoms with Crippen LogP contribution >= 0.6 is 0 Å². The zero-order valence-corrected chi connectivity index (χ0v) is 14.6. The molecule has 0 saturated heterocycles. The molecule has 0 unspecified atom stereocenters. The van der Waals surface area contributed by atoms with Crippen molar-refractivity contribution in [2.45, 2.75) is 27.2 Å². The maximum Gasteiger partial charge on any atom is 0.340 e. The van der Waals surface area contributed by atoms with Gasteiger partial charge in [-0.3, -0.25) is 15.1 Å². The Balaban J connectivity index is 2.83. The van der Waals surface area contributed by atoms with Gasteiger partial charge in [0, 0.05) is 17.7 Å². The van der Waals surface area contributed by atoms with E-state index < -0.39 is 16.9 Å². The van der Waals surface area contributed by atoms with Crippen LogP contribution in [0.1, 0.15) is 45.4 Å². The third kappa shape index (κ3) is 3.69. The van der Waals surface area contributed by atoms with Crippen molar-refractivity contribution < 1.29 is 24.4 Å². The van der Waals surface area contributed by atoms with Gasteiger partial charge in [-0.2, -0.15) is 0 Å². The minimum absolute atomic E-state index is 0.00180. The summed E-state index contributed by atoms with van der Waals surface area (Å²) >= 11 is 0. The number of carbonyl (C=O) groups excluding carboxylic acids is 1. The summed E-state index contributed by atoms with van der Waals surface area (Å²) in [6.07, 6.45) is 0.599. The second kappa shape index (κ2) is 7.73. The fourth-order valence-corrected chi connectivity index (χ4v) is 2.69. The van der Waals surface area contributed by atoms with Gasteiger partial charge in [0.1, 0.15) is 0 Å². The highest BCUT2D eigenvalue weighted by atomic mass is 16.6. The smallest absolute Gasteiger partial charge is 0.340 e. The lowest BCUT2D eigenvalue weighted by Gasteiger charge is -2.16. The highest BCUT2D eigenvalue weighted by Gasteiger charge is 2.27. The van der Waals surface area contributed by atoms with Crippen molar-refractivity contribution in [1.29, 1.82) is 0 Å². The van der Waals surface area contributed by atoms with Crippen LogP contribution in [-0.4, -0.2) is 33.6 Å². The molecule has 2 rings (SSSR count). The largest absolute Gasteiger partial charge is 0.478 e. The van der Waals surface area contributed by atoms with E-state index in [1.165, 1.54) is 31.2 Å². The summed E-state index contributed by atoms with van der Waals surface area (Å²) in [7, 11) is 0. The maximum atomic E-state index is 12.5. The number of carboxylic acids is 1. The predicted molar refractivity (Wildman–Crippen MR) is 93.3 cm³/mol. The standard InChI is InChI=1S/C18H18N2O6/c1-4-8-26-18(23)15-11(3)19-10(2)14(17(21)22)16(15)12-6-5-7-13(9-12)20(24)25/h5-7,9H,4,8H2,1-3H3,(H,21,22). The van der Waals surface area contributed by atoms with E-state index in [0.717, 1.165) is 0 Å². The lowest BCUT2D eigenvalue weighted by molar-refractivity contribution is -0.384. The quantitative estimate of drug-likeness (QED) is 0.476. The number of ether oxygens (including phenoxy) is 1. The van der Waals surface area contributed by atoms with Gasteiger partial charge < -0.3 is 9.84 Å². The number of aromatic nitrogens is 1. The van der Waals surface area contributed by atoms with Gasteiger partial charge in [-0.1, -0.05) is 19.1 Å². The van der Waals surface area contributed by atoms with Gasteiger partial charge >= 0.3 is 11.9 Å². The van der Waals surface area contributed by atoms with E-state index in [0.29, 0.717) is 12.1 Å². The fraction of sp³-hybridized carbons (Fsp3) is 0.278. The number of aryl methyl sites for hydroxylation is 2. The number of nitro groups is 1. The second-order valence-corrected chi connectivity index (χ2v) is 5.66. The van der Waals surface area contributed by atoms with E-state index in [9.17, 15) is 24.8 Å². The van der Waals surface area contributed by atoms with Crippen LogP contribution in [0, 0.1) is 24.0 Å². The first-order valence-electron chi connectivity index (χ1n) is 7.94. The highest BCUT2D eigenvalue weighted by molar-refractivity contribution is 6.06. The Kier molecular flexibility index (Phi) is 5.66. The number of carboxylic acid groups (broad SMARTS) is 1. The molecule has 136 valence electrons. The molecule has 0 fully saturated rings. The average Bonchev–Trinajstić information content (AvgIpc) is 2.58. The predicted octanol–water partition coefficient (Wildman–Crippen LogP) is 3.54. The Morgan fingerprint density at radius 3 is 2.46 bits per heavy atom. The first kappa shape index (κ1) is 19.0. The Hall–Kier alpha value is -3.29. The molecule has 0 radical (unpaired) electrons. The molecule has 0 atom stereocenters. The first-order chi connectivity index (χ1) is 12.3. The monoisotopic (exact) mass is 358 g/mol. The molecule has 0 bridgehead atoms. The number of hydrogen-bond acceptors (Lipinski definition) is 6. The summed E-state index contributed by atoms with van der Waals surface area (Å²) in [5, 5.41) is 20.7. The molecule has 1 N–H and O–H groups in total. The molecule has 8 nitrogen and oxygen atoms in total. The van der Waals surface area contributed by atoms with Gasteiger partial charge in [0.05, 0.1) is 34.0 Å². The number of nitrogens with zero attached hydrogens (tertiary/aromatic N) is 2. The summed E-state index contributed by atoms with van der Waals surface area (Å²) in [4.78, 5) is 39.0. The van der Waals surface area contributed by atoms with E-state index in [1.807, 2.05) is 6.92 Å². The number of carbonyl (C=O) groups is 2. The van der Waals surface area contributed by atoms with E-state index in [1.54, 1.807) is 6.92 Å². The molecule has 26 heavy (non-hydrogen) atoms. The minimum atomic E-state index is -1.28. The summed E-state index contributed by atoms with van der Waals surface area (Å²) in [6.45, 7) is 5.08. The van der Waals surface area contributed by atoms with Crippen molar-refractivity contribution in [3.8, 4) is 11.1 Å². The van der Waals surface area contributed by atoms with Crippen molar-refractivity contribution in [3.05, 3.63) is 56.9 Å². The second-order valence-electron chi connectivity index (χ2n) is 5.66. The van der Waals surface area contributed by atoms with Crippen LogP contribution in [0.4, 0.5) is 5.69 Å². The van der Waals surface area contributed by atoms with Crippen molar-refractivity contribution in [1.82, 2.24) is 4.98 Å². The zero-order valence-electron chi connectivity index (χ0n) is 14.6. The van der Waals surface area contributed by atoms with Crippen molar-refractivity contribution in [2.24, 2.45) is 0 Å². The number of hydrogen-bond donors (Lipinski definition) is 1. The normalized spacial score (nSPS) is 10.4. The zero-order chi connectivity index (χ0) is 19.4. The SMILES string of the molecule is CCCOC(=O)c1c(C)nc(C)c(C(=O)O)c1-c1cccc([N+](=O)[O-])c1. The Morgan fingerprint density at radius 2 is 1.88 bits per heavy atom. The Bertz CT molecular complexity index is 891. The van der Waals surface area contributed by atoms with Crippen molar-refractivity contribution in [3.63, 3.8) is 0 Å². The number of aromatic carboxylic acids is 1. The first-order valence-corrected chi connectivity index (χ1v) is 7.94. The van der Waals surface area contributed by atoms with Gasteiger partial charge in [-0.25, -0.2) is 9.59 Å². The van der Waals surface area contributed by atoms with Crippen LogP contribution in [0.15, 0.2) is 24.3 Å². The van der Waals surface area contributed by atoms with Crippen molar-refractivity contribution >= 4 is 17.6 Å². The molecule has 8 heteroatoms. The van der Waals surface area contributed by atoms with Crippen LogP contribution in [0.3, 0.4) is 0 Å². The maximum absolute atomic E-state index is 12.5. The van der Waals surface area contributed by atoms with Gasteiger partial charge in [0.15, 0.2) is 0 Å². The molecule has 0 aliphatic heterocycles. The van der Waals surface area contributed by atoms with E-state index in [4.69, 9.17) is 4.74 Å². The lowest BCUT2D eigenvalue weighted by atomic mass is 9.92. The molecule has 1 aromatic heterocycles. The van der Waals surface area contributed by atoms with Gasteiger partial charge in [-0.15, -0.1) is 0 Å². The third-order valence-electron chi connectivity index (χ3n) is 3.76. The lowest BCUT2D eigenvalue weighted by Crippen LogP contribution is -2.16. The molecule has 1 heterocycles. The number of esters is 1. The fourth-order valence-electron chi connectivity index (χ4n) is 2.69. The van der Waals surface area contributed by atoms with E-state index in [-0.39, 0.29) is 40.2 Å². The van der Waals surface area contributed by atoms with Gasteiger partial charge in [0.25, 0.3) is 5.69 Å². The summed E-state index contributed by atoms with van der Waals surface area (Å²) in [6, 6.07) is 5.48. The highest BCUT2D eigenvalue weighted by Crippen LogP contribution is 2.33. The molecule has 1 aromatic carbocycles. The summed E-state index contributed by atoms with van der Waals surface area (Å²) in [5.41, 5.74) is 0.444. The molecule has 0 saturated carbocycles. The van der Waals surface area contributed by atoms with E-state index >= 15 is 0 Å². The van der Waals surface area contributed by atoms with Gasteiger partial charge in [-0.05, 0) is 25.8 Å². The van der Waals surface area contributed by atoms with E-state index in [2.05, 4.69) is 4.98 Å². The summed E-state index contributed by atoms with van der Waals surface area (Å²) < 4.78 is 5.17. The minimum Gasteiger partial charge on any atom is -0.478 e. The number of benzene rings is 1. The van der Waals surface area contributed by atoms with Crippen LogP contribution < -0.4 is 0 Å². The van der Waals surface area contributed by atoms with Crippen molar-refractivity contribution in [2.75, 3.05) is 6.61 Å². The molecule has 0 aliphatic rings. The molecule has 0 amide bonds. The number of pyridine rings is 1. The van der Waals surface area contributed by atoms with Crippen LogP contribution in [0.2, 0.25) is 0 Å². The number of rotatable bonds is 6. The number of non-ortho nitro benzene ring substituents is 1. The molecule has 0 spiro atoms. The Labute approximate surface area is 149 Å². The average molecular weight is 358 g/mol. The topological polar surface area (TPSA) is 120 Å². The van der Waals surface area contributed by atoms with Crippen LogP contribution in [-0.2, 0) is 4.74 Å². The molecular weight excluding hydrogens is 340 g/mol. The van der Waals surface area contributed by atoms with Crippen LogP contribution in [0.25, 0.3) is 11.1 Å². The van der Waals surface area contributed by atoms with Gasteiger partial charge in [0.2, 0.25) is 0 Å². The van der Waals surface area contributed by atoms with Crippen LogP contribution in [0.5, 0.6) is 0 Å². The third-order valence-corrected chi connectivity index (χ3v) is 3.76. The molecule has 0 aliphatic carbocycles.